The van der Waals surface area contributed by atoms with E-state index in [4.69, 9.17) is 4.74 Å². The normalized spacial score (nSPS) is 31.7. The van der Waals surface area contributed by atoms with Crippen molar-refractivity contribution >= 4 is 5.97 Å². The maximum atomic E-state index is 11.9. The molecule has 0 aromatic rings. The summed E-state index contributed by atoms with van der Waals surface area (Å²) in [4.78, 5) is 11.9. The topological polar surface area (TPSA) is 26.3 Å². The quantitative estimate of drug-likeness (QED) is 0.492. The molecule has 2 heteroatoms. The molecule has 2 nitrogen and oxygen atoms in total. The Morgan fingerprint density at radius 1 is 0.913 bits per heavy atom. The van der Waals surface area contributed by atoms with Gasteiger partial charge in [-0.1, -0.05) is 52.4 Å². The lowest BCUT2D eigenvalue weighted by Gasteiger charge is -2.38. The van der Waals surface area contributed by atoms with Crippen LogP contribution in [-0.2, 0) is 9.53 Å². The molecule has 0 radical (unpaired) electrons. The standard InChI is InChI=1S/C21H38O2/c1-3-5-8-17-12-14-18(15-13-17)19-9-7-10-20(16-19)23-21(22)11-6-4-2/h17-20H,3-16H2,1-2H3/t17?,18?,19-,20-/m1/s1. The lowest BCUT2D eigenvalue weighted by Crippen LogP contribution is -2.31. The van der Waals surface area contributed by atoms with Crippen molar-refractivity contribution in [3.05, 3.63) is 0 Å². The Bertz CT molecular complexity index is 331. The van der Waals surface area contributed by atoms with Crippen LogP contribution in [0.4, 0.5) is 0 Å². The fourth-order valence-electron chi connectivity index (χ4n) is 4.72. The number of esters is 1. The van der Waals surface area contributed by atoms with Crippen LogP contribution in [0.5, 0.6) is 0 Å². The van der Waals surface area contributed by atoms with Gasteiger partial charge in [-0.25, -0.2) is 0 Å². The van der Waals surface area contributed by atoms with Gasteiger partial charge in [-0.05, 0) is 62.7 Å². The van der Waals surface area contributed by atoms with Crippen LogP contribution in [0.2, 0.25) is 0 Å². The highest BCUT2D eigenvalue weighted by Gasteiger charge is 2.32. The van der Waals surface area contributed by atoms with Crippen molar-refractivity contribution in [2.24, 2.45) is 17.8 Å². The molecule has 0 spiro atoms. The summed E-state index contributed by atoms with van der Waals surface area (Å²) in [6.45, 7) is 4.43. The molecular formula is C21H38O2. The molecule has 2 rings (SSSR count). The average Bonchev–Trinajstić information content (AvgIpc) is 2.59. The van der Waals surface area contributed by atoms with Gasteiger partial charge in [0.05, 0.1) is 0 Å². The minimum absolute atomic E-state index is 0.0424. The molecule has 2 aliphatic rings. The van der Waals surface area contributed by atoms with Crippen molar-refractivity contribution in [1.29, 1.82) is 0 Å². The number of ether oxygens (including phenoxy) is 1. The summed E-state index contributed by atoms with van der Waals surface area (Å²) in [5.41, 5.74) is 0. The summed E-state index contributed by atoms with van der Waals surface area (Å²) in [6, 6.07) is 0. The molecule has 2 fully saturated rings. The van der Waals surface area contributed by atoms with Gasteiger partial charge in [-0.15, -0.1) is 0 Å². The predicted octanol–water partition coefficient (Wildman–Crippen LogP) is 6.28. The summed E-state index contributed by atoms with van der Waals surface area (Å²) >= 11 is 0. The van der Waals surface area contributed by atoms with Gasteiger partial charge in [-0.2, -0.15) is 0 Å². The number of carbonyl (C=O) groups excluding carboxylic acids is 1. The van der Waals surface area contributed by atoms with Gasteiger partial charge >= 0.3 is 5.97 Å². The number of hydrogen-bond acceptors (Lipinski definition) is 2. The second-order valence-electron chi connectivity index (χ2n) is 8.07. The zero-order valence-electron chi connectivity index (χ0n) is 15.5. The molecule has 0 bridgehead atoms. The monoisotopic (exact) mass is 322 g/mol. The Morgan fingerprint density at radius 2 is 1.65 bits per heavy atom. The van der Waals surface area contributed by atoms with E-state index >= 15 is 0 Å². The van der Waals surface area contributed by atoms with Crippen LogP contribution in [0.3, 0.4) is 0 Å². The first kappa shape index (κ1) is 18.8. The van der Waals surface area contributed by atoms with E-state index in [9.17, 15) is 4.79 Å². The Balaban J connectivity index is 1.70. The summed E-state index contributed by atoms with van der Waals surface area (Å²) in [7, 11) is 0. The molecule has 0 unspecified atom stereocenters. The van der Waals surface area contributed by atoms with E-state index in [1.807, 2.05) is 0 Å². The Morgan fingerprint density at radius 3 is 2.35 bits per heavy atom. The molecule has 2 atom stereocenters. The van der Waals surface area contributed by atoms with E-state index in [0.717, 1.165) is 43.4 Å². The van der Waals surface area contributed by atoms with Crippen LogP contribution in [0.25, 0.3) is 0 Å². The lowest BCUT2D eigenvalue weighted by molar-refractivity contribution is -0.151. The molecule has 23 heavy (non-hydrogen) atoms. The molecule has 0 amide bonds. The molecule has 0 aromatic carbocycles. The Labute approximate surface area is 143 Å². The van der Waals surface area contributed by atoms with E-state index in [-0.39, 0.29) is 12.1 Å². The molecule has 0 saturated heterocycles. The van der Waals surface area contributed by atoms with Crippen LogP contribution in [-0.4, -0.2) is 12.1 Å². The largest absolute Gasteiger partial charge is 0.462 e. The van der Waals surface area contributed by atoms with E-state index in [1.54, 1.807) is 0 Å². The fraction of sp³-hybridized carbons (Fsp3) is 0.952. The van der Waals surface area contributed by atoms with Gasteiger partial charge in [0, 0.05) is 6.42 Å². The average molecular weight is 323 g/mol. The van der Waals surface area contributed by atoms with Gasteiger partial charge in [-0.3, -0.25) is 4.79 Å². The summed E-state index contributed by atoms with van der Waals surface area (Å²) in [5.74, 6) is 2.77. The summed E-state index contributed by atoms with van der Waals surface area (Å²) in [5, 5.41) is 0. The third-order valence-electron chi connectivity index (χ3n) is 6.22. The Kier molecular flexibility index (Phi) is 8.47. The van der Waals surface area contributed by atoms with E-state index < -0.39 is 0 Å². The highest BCUT2D eigenvalue weighted by atomic mass is 16.5. The first-order chi connectivity index (χ1) is 11.2. The Hall–Kier alpha value is -0.530. The van der Waals surface area contributed by atoms with Crippen molar-refractivity contribution in [3.8, 4) is 0 Å². The molecular weight excluding hydrogens is 284 g/mol. The van der Waals surface area contributed by atoms with Crippen molar-refractivity contribution in [3.63, 3.8) is 0 Å². The van der Waals surface area contributed by atoms with E-state index in [2.05, 4.69) is 13.8 Å². The van der Waals surface area contributed by atoms with Gasteiger partial charge in [0.15, 0.2) is 0 Å². The smallest absolute Gasteiger partial charge is 0.306 e. The number of rotatable bonds is 8. The molecule has 0 aromatic heterocycles. The van der Waals surface area contributed by atoms with Crippen molar-refractivity contribution < 1.29 is 9.53 Å². The first-order valence-electron chi connectivity index (χ1n) is 10.4. The van der Waals surface area contributed by atoms with Gasteiger partial charge < -0.3 is 4.74 Å². The maximum absolute atomic E-state index is 11.9. The predicted molar refractivity (Wildman–Crippen MR) is 96.3 cm³/mol. The number of hydrogen-bond donors (Lipinski definition) is 0. The number of carbonyl (C=O) groups is 1. The first-order valence-corrected chi connectivity index (χ1v) is 10.4. The summed E-state index contributed by atoms with van der Waals surface area (Å²) in [6.07, 6.45) is 17.7. The zero-order valence-corrected chi connectivity index (χ0v) is 15.5. The summed E-state index contributed by atoms with van der Waals surface area (Å²) < 4.78 is 5.75. The molecule has 0 heterocycles. The highest BCUT2D eigenvalue weighted by Crippen LogP contribution is 2.41. The van der Waals surface area contributed by atoms with Crippen molar-refractivity contribution in [1.82, 2.24) is 0 Å². The van der Waals surface area contributed by atoms with E-state index in [0.29, 0.717) is 6.42 Å². The van der Waals surface area contributed by atoms with Gasteiger partial charge in [0.25, 0.3) is 0 Å². The van der Waals surface area contributed by atoms with E-state index in [1.165, 1.54) is 57.8 Å². The molecule has 0 aliphatic heterocycles. The van der Waals surface area contributed by atoms with Crippen LogP contribution in [0, 0.1) is 17.8 Å². The SMILES string of the molecule is CCCCC(=O)O[C@@H]1CCC[C@@H](C2CCC(CCCC)CC2)C1. The molecule has 2 saturated carbocycles. The minimum Gasteiger partial charge on any atom is -0.462 e. The number of unbranched alkanes of at least 4 members (excludes halogenated alkanes) is 2. The van der Waals surface area contributed by atoms with Gasteiger partial charge in [0.2, 0.25) is 0 Å². The fourth-order valence-corrected chi connectivity index (χ4v) is 4.72. The third kappa shape index (κ3) is 6.47. The van der Waals surface area contributed by atoms with Crippen LogP contribution < -0.4 is 0 Å². The second-order valence-corrected chi connectivity index (χ2v) is 8.07. The van der Waals surface area contributed by atoms with Gasteiger partial charge in [0.1, 0.15) is 6.10 Å². The lowest BCUT2D eigenvalue weighted by atomic mass is 9.70. The second kappa shape index (κ2) is 10.4. The highest BCUT2D eigenvalue weighted by molar-refractivity contribution is 5.69. The maximum Gasteiger partial charge on any atom is 0.306 e. The van der Waals surface area contributed by atoms with Crippen molar-refractivity contribution in [2.75, 3.05) is 0 Å². The van der Waals surface area contributed by atoms with Crippen LogP contribution in [0.15, 0.2) is 0 Å². The van der Waals surface area contributed by atoms with Crippen LogP contribution >= 0.6 is 0 Å². The molecule has 134 valence electrons. The molecule has 2 aliphatic carbocycles. The zero-order chi connectivity index (χ0) is 16.5. The van der Waals surface area contributed by atoms with Crippen molar-refractivity contribution in [2.45, 2.75) is 110 Å². The van der Waals surface area contributed by atoms with Crippen LogP contribution in [0.1, 0.15) is 104 Å². The molecule has 0 N–H and O–H groups in total. The minimum atomic E-state index is 0.0424. The third-order valence-corrected chi connectivity index (χ3v) is 6.22.